The number of amides is 1. The second-order valence-corrected chi connectivity index (χ2v) is 5.44. The average Bonchev–Trinajstić information content (AvgIpc) is 2.28. The minimum Gasteiger partial charge on any atom is -0.345 e. The molecule has 0 saturated carbocycles. The second-order valence-electron chi connectivity index (χ2n) is 5.44. The van der Waals surface area contributed by atoms with E-state index in [0.29, 0.717) is 6.54 Å². The summed E-state index contributed by atoms with van der Waals surface area (Å²) < 4.78 is 0. The molecule has 0 fully saturated rings. The molecule has 0 spiro atoms. The van der Waals surface area contributed by atoms with Crippen LogP contribution in [0.5, 0.6) is 0 Å². The SMILES string of the molecule is CN(C)C(=O)c1ccc(CC(C)(C)CN)cc1. The summed E-state index contributed by atoms with van der Waals surface area (Å²) >= 11 is 0. The zero-order valence-electron chi connectivity index (χ0n) is 11.2. The number of carbonyl (C=O) groups is 1. The quantitative estimate of drug-likeness (QED) is 0.865. The number of nitrogens with zero attached hydrogens (tertiary/aromatic N) is 1. The van der Waals surface area contributed by atoms with E-state index in [2.05, 4.69) is 13.8 Å². The summed E-state index contributed by atoms with van der Waals surface area (Å²) in [4.78, 5) is 13.3. The second kappa shape index (κ2) is 5.32. The van der Waals surface area contributed by atoms with Crippen LogP contribution in [0.3, 0.4) is 0 Å². The van der Waals surface area contributed by atoms with Crippen molar-refractivity contribution in [2.24, 2.45) is 11.1 Å². The highest BCUT2D eigenvalue weighted by Gasteiger charge is 2.16. The van der Waals surface area contributed by atoms with Crippen LogP contribution in [0.25, 0.3) is 0 Å². The van der Waals surface area contributed by atoms with Gasteiger partial charge in [-0.25, -0.2) is 0 Å². The third kappa shape index (κ3) is 3.86. The highest BCUT2D eigenvalue weighted by molar-refractivity contribution is 5.93. The molecule has 0 bridgehead atoms. The average molecular weight is 234 g/mol. The Labute approximate surface area is 104 Å². The maximum absolute atomic E-state index is 11.7. The summed E-state index contributed by atoms with van der Waals surface area (Å²) in [5.41, 5.74) is 7.76. The van der Waals surface area contributed by atoms with Crippen LogP contribution in [0.15, 0.2) is 24.3 Å². The van der Waals surface area contributed by atoms with Gasteiger partial charge < -0.3 is 10.6 Å². The third-order valence-electron chi connectivity index (χ3n) is 2.84. The summed E-state index contributed by atoms with van der Waals surface area (Å²) in [7, 11) is 3.52. The van der Waals surface area contributed by atoms with E-state index in [1.807, 2.05) is 24.3 Å². The van der Waals surface area contributed by atoms with Gasteiger partial charge in [0.25, 0.3) is 5.91 Å². The van der Waals surface area contributed by atoms with Gasteiger partial charge in [0.05, 0.1) is 0 Å². The van der Waals surface area contributed by atoms with Crippen LogP contribution in [0.2, 0.25) is 0 Å². The van der Waals surface area contributed by atoms with E-state index in [4.69, 9.17) is 5.73 Å². The summed E-state index contributed by atoms with van der Waals surface area (Å²) in [6, 6.07) is 7.77. The Balaban J connectivity index is 2.78. The molecule has 1 aromatic rings. The van der Waals surface area contributed by atoms with Crippen molar-refractivity contribution in [1.82, 2.24) is 4.90 Å². The van der Waals surface area contributed by atoms with E-state index in [1.165, 1.54) is 5.56 Å². The Morgan fingerprint density at radius 2 is 1.76 bits per heavy atom. The molecule has 0 aliphatic heterocycles. The minimum atomic E-state index is 0.0367. The van der Waals surface area contributed by atoms with Gasteiger partial charge in [0, 0.05) is 19.7 Å². The number of nitrogens with two attached hydrogens (primary N) is 1. The van der Waals surface area contributed by atoms with E-state index in [0.717, 1.165) is 12.0 Å². The summed E-state index contributed by atoms with van der Waals surface area (Å²) in [5.74, 6) is 0.0367. The normalized spacial score (nSPS) is 11.4. The van der Waals surface area contributed by atoms with Gasteiger partial charge in [-0.05, 0) is 36.1 Å². The van der Waals surface area contributed by atoms with Gasteiger partial charge in [-0.1, -0.05) is 26.0 Å². The fourth-order valence-electron chi connectivity index (χ4n) is 1.65. The van der Waals surface area contributed by atoms with Gasteiger partial charge in [0.15, 0.2) is 0 Å². The number of rotatable bonds is 4. The first-order valence-corrected chi connectivity index (χ1v) is 5.86. The lowest BCUT2D eigenvalue weighted by Crippen LogP contribution is -2.26. The highest BCUT2D eigenvalue weighted by atomic mass is 16.2. The molecule has 1 aromatic carbocycles. The van der Waals surface area contributed by atoms with E-state index in [9.17, 15) is 4.79 Å². The van der Waals surface area contributed by atoms with E-state index in [1.54, 1.807) is 19.0 Å². The molecular formula is C14H22N2O. The molecule has 0 saturated heterocycles. The summed E-state index contributed by atoms with van der Waals surface area (Å²) in [6.45, 7) is 4.95. The molecule has 0 atom stereocenters. The van der Waals surface area contributed by atoms with Crippen molar-refractivity contribution in [3.8, 4) is 0 Å². The van der Waals surface area contributed by atoms with Crippen molar-refractivity contribution in [2.45, 2.75) is 20.3 Å². The zero-order valence-corrected chi connectivity index (χ0v) is 11.2. The lowest BCUT2D eigenvalue weighted by Gasteiger charge is -2.22. The fourth-order valence-corrected chi connectivity index (χ4v) is 1.65. The Morgan fingerprint density at radius 1 is 1.24 bits per heavy atom. The van der Waals surface area contributed by atoms with Gasteiger partial charge in [-0.3, -0.25) is 4.79 Å². The van der Waals surface area contributed by atoms with Gasteiger partial charge in [-0.15, -0.1) is 0 Å². The number of benzene rings is 1. The maximum Gasteiger partial charge on any atom is 0.253 e. The number of carbonyl (C=O) groups excluding carboxylic acids is 1. The number of hydrogen-bond acceptors (Lipinski definition) is 2. The summed E-state index contributed by atoms with van der Waals surface area (Å²) in [5, 5.41) is 0. The minimum absolute atomic E-state index is 0.0367. The highest BCUT2D eigenvalue weighted by Crippen LogP contribution is 2.20. The van der Waals surface area contributed by atoms with Crippen molar-refractivity contribution in [3.63, 3.8) is 0 Å². The van der Waals surface area contributed by atoms with Crippen molar-refractivity contribution in [3.05, 3.63) is 35.4 Å². The summed E-state index contributed by atoms with van der Waals surface area (Å²) in [6.07, 6.45) is 0.930. The van der Waals surface area contributed by atoms with E-state index in [-0.39, 0.29) is 11.3 Å². The Morgan fingerprint density at radius 3 is 2.18 bits per heavy atom. The fraction of sp³-hybridized carbons (Fsp3) is 0.500. The van der Waals surface area contributed by atoms with Crippen LogP contribution in [-0.2, 0) is 6.42 Å². The molecule has 0 radical (unpaired) electrons. The van der Waals surface area contributed by atoms with Crippen LogP contribution < -0.4 is 5.73 Å². The number of hydrogen-bond donors (Lipinski definition) is 1. The van der Waals surface area contributed by atoms with Crippen molar-refractivity contribution in [2.75, 3.05) is 20.6 Å². The molecule has 0 heterocycles. The first-order chi connectivity index (χ1) is 7.85. The molecule has 1 rings (SSSR count). The van der Waals surface area contributed by atoms with E-state index < -0.39 is 0 Å². The molecule has 3 heteroatoms. The van der Waals surface area contributed by atoms with Gasteiger partial charge in [-0.2, -0.15) is 0 Å². The topological polar surface area (TPSA) is 46.3 Å². The van der Waals surface area contributed by atoms with Crippen LogP contribution in [-0.4, -0.2) is 31.4 Å². The van der Waals surface area contributed by atoms with Gasteiger partial charge in [0.1, 0.15) is 0 Å². The molecule has 1 amide bonds. The van der Waals surface area contributed by atoms with Crippen LogP contribution in [0.1, 0.15) is 29.8 Å². The van der Waals surface area contributed by atoms with Crippen LogP contribution >= 0.6 is 0 Å². The molecule has 0 aliphatic rings. The Kier molecular flexibility index (Phi) is 4.29. The molecule has 3 nitrogen and oxygen atoms in total. The first-order valence-electron chi connectivity index (χ1n) is 5.86. The third-order valence-corrected chi connectivity index (χ3v) is 2.84. The van der Waals surface area contributed by atoms with Crippen molar-refractivity contribution >= 4 is 5.91 Å². The molecule has 2 N–H and O–H groups in total. The van der Waals surface area contributed by atoms with Crippen molar-refractivity contribution in [1.29, 1.82) is 0 Å². The lowest BCUT2D eigenvalue weighted by atomic mass is 9.86. The standard InChI is InChI=1S/C14H22N2O/c1-14(2,10-15)9-11-5-7-12(8-6-11)13(17)16(3)4/h5-8H,9-10,15H2,1-4H3. The van der Waals surface area contributed by atoms with Crippen molar-refractivity contribution < 1.29 is 4.79 Å². The molecule has 0 aromatic heterocycles. The van der Waals surface area contributed by atoms with Crippen LogP contribution in [0.4, 0.5) is 0 Å². The smallest absolute Gasteiger partial charge is 0.253 e. The molecule has 0 aliphatic carbocycles. The maximum atomic E-state index is 11.7. The predicted octanol–water partition coefficient (Wildman–Crippen LogP) is 1.92. The molecule has 0 unspecified atom stereocenters. The Hall–Kier alpha value is -1.35. The monoisotopic (exact) mass is 234 g/mol. The van der Waals surface area contributed by atoms with E-state index >= 15 is 0 Å². The Bertz CT molecular complexity index is 380. The predicted molar refractivity (Wildman–Crippen MR) is 71.0 cm³/mol. The molecule has 17 heavy (non-hydrogen) atoms. The molecular weight excluding hydrogens is 212 g/mol. The van der Waals surface area contributed by atoms with Gasteiger partial charge in [0.2, 0.25) is 0 Å². The lowest BCUT2D eigenvalue weighted by molar-refractivity contribution is 0.0827. The zero-order chi connectivity index (χ0) is 13.1. The largest absolute Gasteiger partial charge is 0.345 e. The first kappa shape index (κ1) is 13.7. The van der Waals surface area contributed by atoms with Gasteiger partial charge >= 0.3 is 0 Å². The van der Waals surface area contributed by atoms with Crippen LogP contribution in [0, 0.1) is 5.41 Å². The molecule has 94 valence electrons.